The molecule has 0 aliphatic heterocycles. The van der Waals surface area contributed by atoms with Gasteiger partial charge < -0.3 is 15.2 Å². The van der Waals surface area contributed by atoms with Crippen molar-refractivity contribution < 1.29 is 37.0 Å². The van der Waals surface area contributed by atoms with Gasteiger partial charge in [-0.3, -0.25) is 9.59 Å². The molecule has 1 amide bonds. The zero-order valence-corrected chi connectivity index (χ0v) is 14.0. The van der Waals surface area contributed by atoms with Crippen LogP contribution >= 0.6 is 11.6 Å². The van der Waals surface area contributed by atoms with E-state index in [1.165, 1.54) is 0 Å². The van der Waals surface area contributed by atoms with Crippen molar-refractivity contribution >= 4 is 29.2 Å². The second kappa shape index (κ2) is 9.29. The van der Waals surface area contributed by atoms with E-state index in [9.17, 15) is 27.2 Å². The quantitative estimate of drug-likeness (QED) is 0.398. The highest BCUT2D eigenvalue weighted by Crippen LogP contribution is 2.33. The molecule has 0 fully saturated rings. The largest absolute Gasteiger partial charge is 0.491 e. The number of nitrogens with one attached hydrogen (secondary N) is 1. The molecular formula is C16H14ClF4NO4. The third kappa shape index (κ3) is 6.80. The van der Waals surface area contributed by atoms with Crippen molar-refractivity contribution in [3.8, 4) is 18.1 Å². The van der Waals surface area contributed by atoms with E-state index in [4.69, 9.17) is 27.9 Å². The van der Waals surface area contributed by atoms with Crippen LogP contribution in [0.15, 0.2) is 12.1 Å². The fraction of sp³-hybridized carbons (Fsp3) is 0.375. The highest BCUT2D eigenvalue weighted by atomic mass is 35.5. The lowest BCUT2D eigenvalue weighted by atomic mass is 10.0. The molecule has 142 valence electrons. The van der Waals surface area contributed by atoms with Gasteiger partial charge >= 0.3 is 12.1 Å². The van der Waals surface area contributed by atoms with E-state index in [0.717, 1.165) is 12.1 Å². The van der Waals surface area contributed by atoms with Crippen molar-refractivity contribution in [2.45, 2.75) is 25.4 Å². The number of carbonyl (C=O) groups is 2. The Morgan fingerprint density at radius 1 is 1.35 bits per heavy atom. The summed E-state index contributed by atoms with van der Waals surface area (Å²) in [4.78, 5) is 22.3. The average Bonchev–Trinajstić information content (AvgIpc) is 2.49. The first-order valence-corrected chi connectivity index (χ1v) is 7.56. The zero-order valence-electron chi connectivity index (χ0n) is 13.2. The molecule has 5 nitrogen and oxygen atoms in total. The zero-order chi connectivity index (χ0) is 19.9. The molecule has 1 atom stereocenters. The van der Waals surface area contributed by atoms with Crippen molar-refractivity contribution in [3.05, 3.63) is 23.0 Å². The van der Waals surface area contributed by atoms with Crippen LogP contribution in [0.25, 0.3) is 0 Å². The van der Waals surface area contributed by atoms with Gasteiger partial charge in [-0.25, -0.2) is 4.39 Å². The molecule has 26 heavy (non-hydrogen) atoms. The first kappa shape index (κ1) is 21.6. The molecule has 1 aromatic rings. The molecule has 0 aliphatic carbocycles. The van der Waals surface area contributed by atoms with Crippen LogP contribution in [0.5, 0.6) is 5.75 Å². The van der Waals surface area contributed by atoms with Gasteiger partial charge in [0.2, 0.25) is 5.91 Å². The lowest BCUT2D eigenvalue weighted by Crippen LogP contribution is -2.30. The first-order valence-electron chi connectivity index (χ1n) is 7.18. The normalized spacial score (nSPS) is 12.2. The lowest BCUT2D eigenvalue weighted by Gasteiger charge is -2.18. The maximum Gasteiger partial charge on any atom is 0.392 e. The topological polar surface area (TPSA) is 75.6 Å². The number of anilines is 1. The van der Waals surface area contributed by atoms with Crippen LogP contribution in [0.2, 0.25) is 5.02 Å². The number of carboxylic acid groups (broad SMARTS) is 1. The third-order valence-corrected chi connectivity index (χ3v) is 3.41. The highest BCUT2D eigenvalue weighted by Gasteiger charge is 2.42. The van der Waals surface area contributed by atoms with Crippen LogP contribution in [0.4, 0.5) is 23.2 Å². The molecule has 1 rings (SSSR count). The molecular weight excluding hydrogens is 382 g/mol. The predicted octanol–water partition coefficient (Wildman–Crippen LogP) is 3.86. The smallest absolute Gasteiger partial charge is 0.392 e. The molecule has 0 aromatic heterocycles. The maximum absolute atomic E-state index is 13.9. The summed E-state index contributed by atoms with van der Waals surface area (Å²) in [5.74, 6) is -4.02. The summed E-state index contributed by atoms with van der Waals surface area (Å²) < 4.78 is 57.4. The first-order chi connectivity index (χ1) is 12.0. The number of ether oxygens (including phenoxy) is 1. The summed E-state index contributed by atoms with van der Waals surface area (Å²) in [6.45, 7) is 0.0595. The lowest BCUT2D eigenvalue weighted by molar-refractivity contribution is -0.185. The van der Waals surface area contributed by atoms with E-state index < -0.39 is 48.3 Å². The Labute approximate surface area is 151 Å². The molecule has 1 aromatic carbocycles. The van der Waals surface area contributed by atoms with E-state index in [0.29, 0.717) is 0 Å². The minimum Gasteiger partial charge on any atom is -0.491 e. The Hall–Kier alpha value is -2.47. The van der Waals surface area contributed by atoms with Gasteiger partial charge in [0.1, 0.15) is 11.6 Å². The summed E-state index contributed by atoms with van der Waals surface area (Å²) in [6.07, 6.45) is -2.06. The average molecular weight is 396 g/mol. The fourth-order valence-corrected chi connectivity index (χ4v) is 2.10. The van der Waals surface area contributed by atoms with Crippen molar-refractivity contribution in [1.29, 1.82) is 0 Å². The molecule has 0 heterocycles. The molecule has 0 bridgehead atoms. The number of hydrogen-bond donors (Lipinski definition) is 2. The van der Waals surface area contributed by atoms with Gasteiger partial charge in [0.25, 0.3) is 0 Å². The molecule has 0 saturated heterocycles. The van der Waals surface area contributed by atoms with Crippen LogP contribution < -0.4 is 10.1 Å². The molecule has 0 saturated carbocycles. The SMILES string of the molecule is C#CCCOc1cc(NC(=O)CC(CC(=O)O)C(F)(F)F)c(F)cc1Cl. The van der Waals surface area contributed by atoms with Crippen molar-refractivity contribution in [1.82, 2.24) is 0 Å². The van der Waals surface area contributed by atoms with Crippen molar-refractivity contribution in [2.24, 2.45) is 5.92 Å². The van der Waals surface area contributed by atoms with Crippen molar-refractivity contribution in [3.63, 3.8) is 0 Å². The van der Waals surface area contributed by atoms with Gasteiger partial charge in [0, 0.05) is 18.9 Å². The maximum atomic E-state index is 13.9. The van der Waals surface area contributed by atoms with Crippen LogP contribution in [0, 0.1) is 24.1 Å². The number of terminal acetylenes is 1. The fourth-order valence-electron chi connectivity index (χ4n) is 1.89. The van der Waals surface area contributed by atoms with Crippen molar-refractivity contribution in [2.75, 3.05) is 11.9 Å². The Bertz CT molecular complexity index is 715. The highest BCUT2D eigenvalue weighted by molar-refractivity contribution is 6.32. The van der Waals surface area contributed by atoms with Gasteiger partial charge in [-0.1, -0.05) is 11.6 Å². The number of benzene rings is 1. The van der Waals surface area contributed by atoms with E-state index in [1.807, 2.05) is 5.32 Å². The summed E-state index contributed by atoms with van der Waals surface area (Å²) in [5.41, 5.74) is -0.452. The Morgan fingerprint density at radius 3 is 2.54 bits per heavy atom. The Morgan fingerprint density at radius 2 is 2.00 bits per heavy atom. The molecule has 0 spiro atoms. The molecule has 2 N–H and O–H groups in total. The number of rotatable bonds is 8. The van der Waals surface area contributed by atoms with Gasteiger partial charge in [-0.2, -0.15) is 13.2 Å². The molecule has 1 unspecified atom stereocenters. The monoisotopic (exact) mass is 395 g/mol. The number of carbonyl (C=O) groups excluding carboxylic acids is 1. The second-order valence-electron chi connectivity index (χ2n) is 5.15. The standard InChI is InChI=1S/C16H14ClF4NO4/c1-2-3-4-26-13-8-12(11(18)7-10(13)17)22-14(23)5-9(6-15(24)25)16(19,20)21/h1,7-9H,3-6H2,(H,22,23)(H,24,25). The predicted molar refractivity (Wildman–Crippen MR) is 85.4 cm³/mol. The van der Waals surface area contributed by atoms with Gasteiger partial charge in [0.05, 0.1) is 29.7 Å². The number of halogens is 5. The number of amides is 1. The summed E-state index contributed by atoms with van der Waals surface area (Å²) in [6, 6.07) is 1.83. The van der Waals surface area contributed by atoms with Gasteiger partial charge in [-0.15, -0.1) is 12.3 Å². The van der Waals surface area contributed by atoms with E-state index in [1.54, 1.807) is 0 Å². The van der Waals surface area contributed by atoms with Gasteiger partial charge in [0.15, 0.2) is 0 Å². The van der Waals surface area contributed by atoms with Crippen LogP contribution in [0.3, 0.4) is 0 Å². The minimum atomic E-state index is -4.89. The summed E-state index contributed by atoms with van der Waals surface area (Å²) >= 11 is 5.78. The minimum absolute atomic E-state index is 0.0171. The van der Waals surface area contributed by atoms with E-state index >= 15 is 0 Å². The van der Waals surface area contributed by atoms with E-state index in [2.05, 4.69) is 5.92 Å². The second-order valence-corrected chi connectivity index (χ2v) is 5.56. The van der Waals surface area contributed by atoms with Crippen LogP contribution in [-0.4, -0.2) is 29.8 Å². The summed E-state index contributed by atoms with van der Waals surface area (Å²) in [7, 11) is 0. The Kier molecular flexibility index (Phi) is 7.71. The van der Waals surface area contributed by atoms with Gasteiger partial charge in [-0.05, 0) is 6.07 Å². The van der Waals surface area contributed by atoms with Crippen LogP contribution in [-0.2, 0) is 9.59 Å². The summed E-state index contributed by atoms with van der Waals surface area (Å²) in [5, 5.41) is 10.4. The third-order valence-electron chi connectivity index (χ3n) is 3.12. The molecule has 0 radical (unpaired) electrons. The number of aliphatic carboxylic acids is 1. The number of carboxylic acids is 1. The Balaban J connectivity index is 2.89. The number of hydrogen-bond acceptors (Lipinski definition) is 3. The number of alkyl halides is 3. The van der Waals surface area contributed by atoms with E-state index in [-0.39, 0.29) is 23.8 Å². The molecule has 10 heteroatoms. The molecule has 0 aliphatic rings. The van der Waals surface area contributed by atoms with Crippen LogP contribution in [0.1, 0.15) is 19.3 Å².